The molecule has 0 saturated carbocycles. The summed E-state index contributed by atoms with van der Waals surface area (Å²) in [6.07, 6.45) is 8.54. The highest BCUT2D eigenvalue weighted by atomic mass is 32.1. The minimum Gasteiger partial charge on any atom is -0.175 e. The predicted octanol–water partition coefficient (Wildman–Crippen LogP) is 4.30. The van der Waals surface area contributed by atoms with Gasteiger partial charge in [-0.05, 0) is 41.5 Å². The van der Waals surface area contributed by atoms with Crippen molar-refractivity contribution in [1.82, 2.24) is 0 Å². The van der Waals surface area contributed by atoms with E-state index in [0.717, 1.165) is 25.0 Å². The normalized spacial score (nSPS) is 9.94. The van der Waals surface area contributed by atoms with Gasteiger partial charge in [-0.15, -0.1) is 19.7 Å². The molecule has 0 radical (unpaired) electrons. The lowest BCUT2D eigenvalue weighted by atomic mass is 9.91. The monoisotopic (exact) mass is 244 g/mol. The predicted molar refractivity (Wildman–Crippen MR) is 80.8 cm³/mol. The van der Waals surface area contributed by atoms with E-state index in [1.54, 1.807) is 0 Å². The fourth-order valence-electron chi connectivity index (χ4n) is 2.08. The van der Waals surface area contributed by atoms with Crippen molar-refractivity contribution in [3.8, 4) is 0 Å². The molecule has 0 unspecified atom stereocenters. The third kappa shape index (κ3) is 3.37. The standard InChI is InChI=1S/C16H20S/c1-4-7-13-10-11-14(12-17)16(9-6-3)15(13)8-5-2/h4-6,10-11,17H,1-3,7-9,12H2. The second-order valence-electron chi connectivity index (χ2n) is 3.98. The zero-order chi connectivity index (χ0) is 12.7. The minimum absolute atomic E-state index is 0.766. The van der Waals surface area contributed by atoms with Crippen LogP contribution in [0, 0.1) is 0 Å². The van der Waals surface area contributed by atoms with Gasteiger partial charge in [-0.2, -0.15) is 12.6 Å². The van der Waals surface area contributed by atoms with Gasteiger partial charge in [0.25, 0.3) is 0 Å². The van der Waals surface area contributed by atoms with Gasteiger partial charge in [0.05, 0.1) is 0 Å². The van der Waals surface area contributed by atoms with Gasteiger partial charge >= 0.3 is 0 Å². The molecule has 1 heteroatoms. The van der Waals surface area contributed by atoms with Gasteiger partial charge in [0.2, 0.25) is 0 Å². The van der Waals surface area contributed by atoms with Crippen molar-refractivity contribution >= 4 is 12.6 Å². The molecule has 0 aliphatic heterocycles. The SMILES string of the molecule is C=CCc1ccc(CS)c(CC=C)c1CC=C. The molecule has 1 aromatic carbocycles. The van der Waals surface area contributed by atoms with E-state index in [2.05, 4.69) is 44.5 Å². The lowest BCUT2D eigenvalue weighted by Crippen LogP contribution is -2.02. The van der Waals surface area contributed by atoms with Crippen LogP contribution in [-0.4, -0.2) is 0 Å². The van der Waals surface area contributed by atoms with Crippen LogP contribution in [0.1, 0.15) is 22.3 Å². The van der Waals surface area contributed by atoms with E-state index in [9.17, 15) is 0 Å². The first kappa shape index (κ1) is 13.9. The van der Waals surface area contributed by atoms with E-state index in [1.165, 1.54) is 22.3 Å². The number of rotatable bonds is 7. The average Bonchev–Trinajstić information content (AvgIpc) is 2.34. The summed E-state index contributed by atoms with van der Waals surface area (Å²) in [5.74, 6) is 0.766. The third-order valence-corrected chi connectivity index (χ3v) is 3.20. The summed E-state index contributed by atoms with van der Waals surface area (Å²) in [6.45, 7) is 11.5. The van der Waals surface area contributed by atoms with Gasteiger partial charge < -0.3 is 0 Å². The van der Waals surface area contributed by atoms with Crippen molar-refractivity contribution in [2.24, 2.45) is 0 Å². The Morgan fingerprint density at radius 1 is 0.824 bits per heavy atom. The van der Waals surface area contributed by atoms with Crippen molar-refractivity contribution < 1.29 is 0 Å². The van der Waals surface area contributed by atoms with Crippen LogP contribution in [0.2, 0.25) is 0 Å². The molecule has 90 valence electrons. The fraction of sp³-hybridized carbons (Fsp3) is 0.250. The van der Waals surface area contributed by atoms with E-state index in [4.69, 9.17) is 0 Å². The maximum atomic E-state index is 4.39. The molecule has 0 saturated heterocycles. The lowest BCUT2D eigenvalue weighted by Gasteiger charge is -2.15. The lowest BCUT2D eigenvalue weighted by molar-refractivity contribution is 1.06. The molecule has 0 spiro atoms. The van der Waals surface area contributed by atoms with Crippen molar-refractivity contribution in [2.45, 2.75) is 25.0 Å². The number of thiol groups is 1. The quantitative estimate of drug-likeness (QED) is 0.536. The van der Waals surface area contributed by atoms with Crippen molar-refractivity contribution in [1.29, 1.82) is 0 Å². The van der Waals surface area contributed by atoms with Crippen molar-refractivity contribution in [3.05, 3.63) is 72.4 Å². The van der Waals surface area contributed by atoms with Gasteiger partial charge in [-0.25, -0.2) is 0 Å². The Kier molecular flexibility index (Phi) is 5.85. The summed E-state index contributed by atoms with van der Waals surface area (Å²) in [5.41, 5.74) is 5.35. The molecular formula is C16H20S. The Balaban J connectivity index is 3.33. The highest BCUT2D eigenvalue weighted by Crippen LogP contribution is 2.23. The Morgan fingerprint density at radius 2 is 1.29 bits per heavy atom. The molecule has 0 aliphatic carbocycles. The molecular weight excluding hydrogens is 224 g/mol. The Bertz CT molecular complexity index is 416. The Hall–Kier alpha value is -1.21. The molecule has 17 heavy (non-hydrogen) atoms. The van der Waals surface area contributed by atoms with E-state index >= 15 is 0 Å². The second kappa shape index (κ2) is 7.18. The molecule has 0 nitrogen and oxygen atoms in total. The number of benzene rings is 1. The van der Waals surface area contributed by atoms with Crippen LogP contribution in [-0.2, 0) is 25.0 Å². The molecule has 0 N–H and O–H groups in total. The smallest absolute Gasteiger partial charge is 0.0157 e. The van der Waals surface area contributed by atoms with Crippen molar-refractivity contribution in [2.75, 3.05) is 0 Å². The zero-order valence-electron chi connectivity index (χ0n) is 10.3. The van der Waals surface area contributed by atoms with Gasteiger partial charge in [0.1, 0.15) is 0 Å². The van der Waals surface area contributed by atoms with Gasteiger partial charge in [0, 0.05) is 5.75 Å². The van der Waals surface area contributed by atoms with Crippen LogP contribution in [0.3, 0.4) is 0 Å². The van der Waals surface area contributed by atoms with Crippen LogP contribution in [0.15, 0.2) is 50.1 Å². The van der Waals surface area contributed by atoms with Crippen LogP contribution < -0.4 is 0 Å². The molecule has 0 amide bonds. The van der Waals surface area contributed by atoms with Crippen LogP contribution in [0.25, 0.3) is 0 Å². The maximum absolute atomic E-state index is 4.39. The summed E-state index contributed by atoms with van der Waals surface area (Å²) < 4.78 is 0. The number of hydrogen-bond donors (Lipinski definition) is 1. The third-order valence-electron chi connectivity index (χ3n) is 2.86. The average molecular weight is 244 g/mol. The topological polar surface area (TPSA) is 0 Å². The Morgan fingerprint density at radius 3 is 1.76 bits per heavy atom. The molecule has 1 aromatic rings. The maximum Gasteiger partial charge on any atom is 0.0157 e. The molecule has 0 bridgehead atoms. The summed E-state index contributed by atoms with van der Waals surface area (Å²) in [6, 6.07) is 4.34. The molecule has 0 aromatic heterocycles. The second-order valence-corrected chi connectivity index (χ2v) is 4.29. The molecule has 0 atom stereocenters. The summed E-state index contributed by atoms with van der Waals surface area (Å²) in [4.78, 5) is 0. The van der Waals surface area contributed by atoms with Gasteiger partial charge in [0.15, 0.2) is 0 Å². The zero-order valence-corrected chi connectivity index (χ0v) is 11.2. The van der Waals surface area contributed by atoms with Crippen LogP contribution in [0.4, 0.5) is 0 Å². The van der Waals surface area contributed by atoms with Gasteiger partial charge in [-0.1, -0.05) is 30.4 Å². The fourth-order valence-corrected chi connectivity index (χ4v) is 2.38. The number of hydrogen-bond acceptors (Lipinski definition) is 1. The van der Waals surface area contributed by atoms with E-state index < -0.39 is 0 Å². The van der Waals surface area contributed by atoms with Crippen LogP contribution in [0.5, 0.6) is 0 Å². The van der Waals surface area contributed by atoms with Gasteiger partial charge in [-0.3, -0.25) is 0 Å². The van der Waals surface area contributed by atoms with E-state index in [-0.39, 0.29) is 0 Å². The first-order valence-corrected chi connectivity index (χ1v) is 6.47. The molecule has 0 aliphatic rings. The van der Waals surface area contributed by atoms with E-state index in [1.807, 2.05) is 18.2 Å². The number of allylic oxidation sites excluding steroid dienone is 3. The van der Waals surface area contributed by atoms with E-state index in [0.29, 0.717) is 0 Å². The minimum atomic E-state index is 0.766. The highest BCUT2D eigenvalue weighted by Gasteiger charge is 2.09. The molecule has 0 fully saturated rings. The first-order valence-electron chi connectivity index (χ1n) is 5.84. The molecule has 0 heterocycles. The first-order chi connectivity index (χ1) is 8.28. The summed E-state index contributed by atoms with van der Waals surface area (Å²) in [7, 11) is 0. The Labute approximate surface area is 110 Å². The molecule has 1 rings (SSSR count). The van der Waals surface area contributed by atoms with Crippen LogP contribution >= 0.6 is 12.6 Å². The summed E-state index contributed by atoms with van der Waals surface area (Å²) >= 11 is 4.39. The summed E-state index contributed by atoms with van der Waals surface area (Å²) in [5, 5.41) is 0. The largest absolute Gasteiger partial charge is 0.175 e. The highest BCUT2D eigenvalue weighted by molar-refractivity contribution is 7.79. The van der Waals surface area contributed by atoms with Crippen molar-refractivity contribution in [3.63, 3.8) is 0 Å².